The number of nitrogens with zero attached hydrogens (tertiary/aromatic N) is 2. The highest BCUT2D eigenvalue weighted by molar-refractivity contribution is 5.81. The standard InChI is InChI=1S/C14H14N2O/c15-7-11-3-1-2-4-12(11)9-16-8-10-5-13(6-10)14(16)17/h1-4,10,13H,5-6,8-9H2. The summed E-state index contributed by atoms with van der Waals surface area (Å²) in [5, 5.41) is 9.02. The second-order valence-corrected chi connectivity index (χ2v) is 5.02. The van der Waals surface area contributed by atoms with Crippen LogP contribution in [0.5, 0.6) is 0 Å². The van der Waals surface area contributed by atoms with Gasteiger partial charge >= 0.3 is 0 Å². The van der Waals surface area contributed by atoms with Crippen LogP contribution in [0, 0.1) is 23.2 Å². The minimum Gasteiger partial charge on any atom is -0.338 e. The van der Waals surface area contributed by atoms with E-state index >= 15 is 0 Å². The molecule has 2 aliphatic heterocycles. The molecule has 4 rings (SSSR count). The van der Waals surface area contributed by atoms with Gasteiger partial charge in [-0.2, -0.15) is 5.26 Å². The van der Waals surface area contributed by atoms with Crippen LogP contribution in [0.15, 0.2) is 24.3 Å². The smallest absolute Gasteiger partial charge is 0.226 e. The number of carbonyl (C=O) groups is 1. The minimum atomic E-state index is 0.267. The second-order valence-electron chi connectivity index (χ2n) is 5.02. The molecule has 3 heteroatoms. The molecule has 17 heavy (non-hydrogen) atoms. The molecule has 3 fully saturated rings. The summed E-state index contributed by atoms with van der Waals surface area (Å²) in [4.78, 5) is 13.9. The van der Waals surface area contributed by atoms with Gasteiger partial charge in [0.05, 0.1) is 11.6 Å². The van der Waals surface area contributed by atoms with Crippen molar-refractivity contribution in [2.24, 2.45) is 11.8 Å². The van der Waals surface area contributed by atoms with Crippen LogP contribution < -0.4 is 0 Å². The first-order valence-electron chi connectivity index (χ1n) is 6.04. The molecule has 1 aliphatic carbocycles. The van der Waals surface area contributed by atoms with E-state index in [0.717, 1.165) is 24.9 Å². The lowest BCUT2D eigenvalue weighted by molar-refractivity contribution is -0.149. The Labute approximate surface area is 101 Å². The van der Waals surface area contributed by atoms with Crippen molar-refractivity contribution in [3.05, 3.63) is 35.4 Å². The first-order valence-corrected chi connectivity index (χ1v) is 6.04. The van der Waals surface area contributed by atoms with Gasteiger partial charge in [0.1, 0.15) is 0 Å². The Morgan fingerprint density at radius 3 is 2.82 bits per heavy atom. The van der Waals surface area contributed by atoms with Crippen LogP contribution in [0.2, 0.25) is 0 Å². The van der Waals surface area contributed by atoms with Crippen LogP contribution in [-0.2, 0) is 11.3 Å². The van der Waals surface area contributed by atoms with E-state index < -0.39 is 0 Å². The Morgan fingerprint density at radius 1 is 1.35 bits per heavy atom. The lowest BCUT2D eigenvalue weighted by Crippen LogP contribution is -2.52. The Hall–Kier alpha value is -1.82. The maximum atomic E-state index is 12.0. The summed E-state index contributed by atoms with van der Waals surface area (Å²) in [5.74, 6) is 1.25. The van der Waals surface area contributed by atoms with Crippen LogP contribution in [0.4, 0.5) is 0 Å². The van der Waals surface area contributed by atoms with E-state index in [2.05, 4.69) is 6.07 Å². The lowest BCUT2D eigenvalue weighted by atomic mass is 9.70. The fourth-order valence-electron chi connectivity index (χ4n) is 2.86. The zero-order chi connectivity index (χ0) is 11.8. The summed E-state index contributed by atoms with van der Waals surface area (Å²) in [5.41, 5.74) is 1.64. The van der Waals surface area contributed by atoms with Gasteiger partial charge in [0.15, 0.2) is 0 Å². The third kappa shape index (κ3) is 1.70. The molecule has 2 bridgehead atoms. The van der Waals surface area contributed by atoms with Gasteiger partial charge in [-0.15, -0.1) is 0 Å². The average Bonchev–Trinajstić information content (AvgIpc) is 2.30. The first-order chi connectivity index (χ1) is 8.28. The van der Waals surface area contributed by atoms with Crippen molar-refractivity contribution in [1.82, 2.24) is 4.90 Å². The minimum absolute atomic E-state index is 0.267. The number of fused-ring (bicyclic) bond motifs is 2. The van der Waals surface area contributed by atoms with E-state index in [4.69, 9.17) is 5.26 Å². The molecule has 1 aromatic carbocycles. The summed E-state index contributed by atoms with van der Waals surface area (Å²) >= 11 is 0. The number of piperidine rings is 2. The molecule has 1 saturated carbocycles. The third-order valence-electron chi connectivity index (χ3n) is 3.87. The van der Waals surface area contributed by atoms with Gasteiger partial charge < -0.3 is 4.90 Å². The van der Waals surface area contributed by atoms with E-state index in [1.54, 1.807) is 0 Å². The van der Waals surface area contributed by atoms with Gasteiger partial charge in [-0.1, -0.05) is 18.2 Å². The van der Waals surface area contributed by atoms with E-state index in [1.807, 2.05) is 29.2 Å². The van der Waals surface area contributed by atoms with Crippen molar-refractivity contribution < 1.29 is 4.79 Å². The van der Waals surface area contributed by atoms with Gasteiger partial charge in [-0.05, 0) is 30.4 Å². The molecule has 0 radical (unpaired) electrons. The maximum Gasteiger partial charge on any atom is 0.226 e. The molecule has 86 valence electrons. The maximum absolute atomic E-state index is 12.0. The van der Waals surface area contributed by atoms with Gasteiger partial charge in [-0.3, -0.25) is 4.79 Å². The van der Waals surface area contributed by atoms with Crippen molar-refractivity contribution in [2.45, 2.75) is 19.4 Å². The number of carbonyl (C=O) groups excluding carboxylic acids is 1. The molecule has 0 spiro atoms. The molecule has 0 aromatic heterocycles. The van der Waals surface area contributed by atoms with Crippen molar-refractivity contribution in [3.8, 4) is 6.07 Å². The average molecular weight is 226 g/mol. The summed E-state index contributed by atoms with van der Waals surface area (Å²) in [7, 11) is 0. The lowest BCUT2D eigenvalue weighted by Gasteiger charge is -2.46. The predicted molar refractivity (Wildman–Crippen MR) is 62.8 cm³/mol. The van der Waals surface area contributed by atoms with Crippen LogP contribution in [-0.4, -0.2) is 17.4 Å². The molecule has 0 atom stereocenters. The van der Waals surface area contributed by atoms with Crippen molar-refractivity contribution in [2.75, 3.05) is 6.54 Å². The van der Waals surface area contributed by atoms with Gasteiger partial charge in [0, 0.05) is 19.0 Å². The van der Waals surface area contributed by atoms with Crippen LogP contribution in [0.3, 0.4) is 0 Å². The Morgan fingerprint density at radius 2 is 2.12 bits per heavy atom. The molecule has 1 amide bonds. The number of hydrogen-bond acceptors (Lipinski definition) is 2. The fraction of sp³-hybridized carbons (Fsp3) is 0.429. The summed E-state index contributed by atoms with van der Waals surface area (Å²) in [6, 6.07) is 9.71. The zero-order valence-electron chi connectivity index (χ0n) is 9.60. The van der Waals surface area contributed by atoms with Crippen LogP contribution >= 0.6 is 0 Å². The third-order valence-corrected chi connectivity index (χ3v) is 3.87. The summed E-state index contributed by atoms with van der Waals surface area (Å²) in [6.45, 7) is 1.46. The van der Waals surface area contributed by atoms with E-state index in [1.165, 1.54) is 0 Å². The Balaban J connectivity index is 1.79. The van der Waals surface area contributed by atoms with Crippen LogP contribution in [0.25, 0.3) is 0 Å². The highest BCUT2D eigenvalue weighted by Gasteiger charge is 2.43. The summed E-state index contributed by atoms with van der Waals surface area (Å²) in [6.07, 6.45) is 2.16. The molecule has 3 aliphatic rings. The van der Waals surface area contributed by atoms with E-state index in [9.17, 15) is 4.79 Å². The number of nitriles is 1. The van der Waals surface area contributed by atoms with Gasteiger partial charge in [0.2, 0.25) is 5.91 Å². The van der Waals surface area contributed by atoms with E-state index in [-0.39, 0.29) is 11.8 Å². The second kappa shape index (κ2) is 3.89. The quantitative estimate of drug-likeness (QED) is 0.773. The first kappa shape index (κ1) is 10.3. The van der Waals surface area contributed by atoms with Crippen LogP contribution in [0.1, 0.15) is 24.0 Å². The zero-order valence-corrected chi connectivity index (χ0v) is 9.60. The predicted octanol–water partition coefficient (Wildman–Crippen LogP) is 1.93. The SMILES string of the molecule is N#Cc1ccccc1CN1CC2CC(C2)C1=O. The number of hydrogen-bond donors (Lipinski definition) is 0. The van der Waals surface area contributed by atoms with Gasteiger partial charge in [0.25, 0.3) is 0 Å². The highest BCUT2D eigenvalue weighted by Crippen LogP contribution is 2.40. The highest BCUT2D eigenvalue weighted by atomic mass is 16.2. The molecule has 3 nitrogen and oxygen atoms in total. The van der Waals surface area contributed by atoms with Crippen molar-refractivity contribution in [1.29, 1.82) is 5.26 Å². The largest absolute Gasteiger partial charge is 0.338 e. The monoisotopic (exact) mass is 226 g/mol. The van der Waals surface area contributed by atoms with Crippen molar-refractivity contribution >= 4 is 5.91 Å². The van der Waals surface area contributed by atoms with E-state index in [0.29, 0.717) is 18.0 Å². The molecule has 2 saturated heterocycles. The normalized spacial score (nSPS) is 26.3. The number of amides is 1. The Kier molecular flexibility index (Phi) is 2.36. The molecular formula is C14H14N2O. The Bertz CT molecular complexity index is 497. The fourth-order valence-corrected chi connectivity index (χ4v) is 2.86. The number of rotatable bonds is 2. The molecule has 1 aromatic rings. The number of benzene rings is 1. The molecule has 0 N–H and O–H groups in total. The molecular weight excluding hydrogens is 212 g/mol. The van der Waals surface area contributed by atoms with Gasteiger partial charge in [-0.25, -0.2) is 0 Å². The molecule has 2 heterocycles. The summed E-state index contributed by atoms with van der Waals surface area (Å²) < 4.78 is 0. The molecule has 0 unspecified atom stereocenters. The van der Waals surface area contributed by atoms with Crippen molar-refractivity contribution in [3.63, 3.8) is 0 Å². The topological polar surface area (TPSA) is 44.1 Å².